The van der Waals surface area contributed by atoms with Crippen molar-refractivity contribution < 1.29 is 4.42 Å². The number of furan rings is 1. The van der Waals surface area contributed by atoms with Crippen molar-refractivity contribution in [3.63, 3.8) is 0 Å². The molecule has 1 aliphatic rings. The molecular weight excluding hydrogens is 801 g/mol. The highest BCUT2D eigenvalue weighted by Gasteiger charge is 2.46. The monoisotopic (exact) mass is 840 g/mol. The lowest BCUT2D eigenvalue weighted by molar-refractivity contribution is 0.669. The van der Waals surface area contributed by atoms with Crippen LogP contribution in [0.3, 0.4) is 0 Å². The Balaban J connectivity index is 0.865. The Morgan fingerprint density at radius 1 is 0.303 bits per heavy atom. The average molecular weight is 841 g/mol. The van der Waals surface area contributed by atoms with Gasteiger partial charge >= 0.3 is 0 Å². The highest BCUT2D eigenvalue weighted by molar-refractivity contribution is 6.06. The number of para-hydroxylation sites is 1. The molecule has 0 saturated carbocycles. The van der Waals surface area contributed by atoms with Gasteiger partial charge in [-0.25, -0.2) is 9.97 Å². The van der Waals surface area contributed by atoms with E-state index >= 15 is 0 Å². The van der Waals surface area contributed by atoms with Crippen molar-refractivity contribution in [1.82, 2.24) is 9.97 Å². The third-order valence-corrected chi connectivity index (χ3v) is 13.6. The highest BCUT2D eigenvalue weighted by atomic mass is 16.3. The summed E-state index contributed by atoms with van der Waals surface area (Å²) in [5, 5.41) is 4.68. The molecule has 2 heterocycles. The number of rotatable bonds is 7. The molecule has 0 bridgehead atoms. The van der Waals surface area contributed by atoms with Crippen LogP contribution in [-0.2, 0) is 5.41 Å². The lowest BCUT2D eigenvalue weighted by atomic mass is 9.67. The Hall–Kier alpha value is -8.66. The molecule has 0 N–H and O–H groups in total. The molecule has 0 amide bonds. The quantitative estimate of drug-likeness (QED) is 0.160. The fourth-order valence-electron chi connectivity index (χ4n) is 10.4. The molecule has 0 saturated heterocycles. The molecule has 308 valence electrons. The van der Waals surface area contributed by atoms with E-state index in [0.29, 0.717) is 5.82 Å². The summed E-state index contributed by atoms with van der Waals surface area (Å²) in [6.45, 7) is 0. The lowest BCUT2D eigenvalue weighted by Crippen LogP contribution is -2.28. The molecular formula is C63H40N2O. The maximum atomic E-state index is 6.09. The van der Waals surface area contributed by atoms with Crippen LogP contribution in [-0.4, -0.2) is 9.97 Å². The van der Waals surface area contributed by atoms with Crippen molar-refractivity contribution in [2.75, 3.05) is 0 Å². The smallest absolute Gasteiger partial charge is 0.160 e. The van der Waals surface area contributed by atoms with Crippen molar-refractivity contribution >= 4 is 32.7 Å². The van der Waals surface area contributed by atoms with Gasteiger partial charge in [-0.2, -0.15) is 0 Å². The first kappa shape index (κ1) is 37.9. The van der Waals surface area contributed by atoms with Crippen molar-refractivity contribution in [3.05, 3.63) is 265 Å². The van der Waals surface area contributed by atoms with Crippen LogP contribution in [0, 0.1) is 0 Å². The molecule has 0 fully saturated rings. The van der Waals surface area contributed by atoms with Crippen LogP contribution >= 0.6 is 0 Å². The molecule has 3 heteroatoms. The Bertz CT molecular complexity index is 3760. The topological polar surface area (TPSA) is 38.9 Å². The van der Waals surface area contributed by atoms with Gasteiger partial charge in [0.15, 0.2) is 5.82 Å². The zero-order valence-corrected chi connectivity index (χ0v) is 35.9. The third kappa shape index (κ3) is 6.12. The van der Waals surface area contributed by atoms with Crippen LogP contribution < -0.4 is 0 Å². The number of benzene rings is 10. The van der Waals surface area contributed by atoms with Crippen LogP contribution in [0.25, 0.3) is 100.0 Å². The molecule has 2 aromatic heterocycles. The standard InChI is InChI=1S/C63H40N2O/c1-4-14-43(15-5-1)62-64-58(40-59(65-62)49-32-34-57-54(39-49)52-20-10-12-22-56(52)63(57,50-16-6-2-7-17-50)51-18-8-3-9-19-51)42-26-24-41(25-27-42)44-28-29-46-37-47(31-30-45(46)36-44)48-33-35-61-55(38-48)53-21-11-13-23-60(53)66-61/h1-40H. The average Bonchev–Trinajstić information content (AvgIpc) is 3.92. The third-order valence-electron chi connectivity index (χ3n) is 13.6. The zero-order valence-electron chi connectivity index (χ0n) is 35.9. The van der Waals surface area contributed by atoms with Gasteiger partial charge < -0.3 is 4.42 Å². The van der Waals surface area contributed by atoms with E-state index in [1.165, 1.54) is 60.8 Å². The van der Waals surface area contributed by atoms with Gasteiger partial charge in [-0.1, -0.05) is 200 Å². The molecule has 10 aromatic carbocycles. The SMILES string of the molecule is c1ccc(-c2nc(-c3ccc(-c4ccc5cc(-c6ccc7oc8ccccc8c7c6)ccc5c4)cc3)cc(-c3ccc4c(c3)-c3ccccc3C4(c3ccccc3)c3ccccc3)n2)cc1. The number of fused-ring (bicyclic) bond motifs is 7. The fraction of sp³-hybridized carbons (Fsp3) is 0.0159. The predicted octanol–water partition coefficient (Wildman–Crippen LogP) is 16.2. The van der Waals surface area contributed by atoms with Crippen LogP contribution in [0.4, 0.5) is 0 Å². The Labute approximate surface area is 383 Å². The van der Waals surface area contributed by atoms with E-state index in [4.69, 9.17) is 14.4 Å². The largest absolute Gasteiger partial charge is 0.456 e. The van der Waals surface area contributed by atoms with E-state index in [-0.39, 0.29) is 0 Å². The van der Waals surface area contributed by atoms with Gasteiger partial charge in [0.05, 0.1) is 16.8 Å². The van der Waals surface area contributed by atoms with Gasteiger partial charge in [0.1, 0.15) is 11.2 Å². The van der Waals surface area contributed by atoms with Gasteiger partial charge in [-0.15, -0.1) is 0 Å². The molecule has 1 aliphatic carbocycles. The summed E-state index contributed by atoms with van der Waals surface area (Å²) in [6.07, 6.45) is 0. The van der Waals surface area contributed by atoms with Gasteiger partial charge in [0.2, 0.25) is 0 Å². The summed E-state index contributed by atoms with van der Waals surface area (Å²) in [7, 11) is 0. The Morgan fingerprint density at radius 3 is 1.55 bits per heavy atom. The molecule has 3 nitrogen and oxygen atoms in total. The Morgan fingerprint density at radius 2 is 0.818 bits per heavy atom. The maximum absolute atomic E-state index is 6.09. The van der Waals surface area contributed by atoms with E-state index in [2.05, 4.69) is 212 Å². The van der Waals surface area contributed by atoms with Gasteiger partial charge in [0, 0.05) is 27.5 Å². The van der Waals surface area contributed by atoms with Crippen LogP contribution in [0.2, 0.25) is 0 Å². The van der Waals surface area contributed by atoms with E-state index in [1.807, 2.05) is 30.3 Å². The van der Waals surface area contributed by atoms with E-state index in [1.54, 1.807) is 0 Å². The van der Waals surface area contributed by atoms with Gasteiger partial charge in [0.25, 0.3) is 0 Å². The van der Waals surface area contributed by atoms with Gasteiger partial charge in [-0.3, -0.25) is 0 Å². The molecule has 12 aromatic rings. The first-order valence-corrected chi connectivity index (χ1v) is 22.5. The molecule has 0 spiro atoms. The van der Waals surface area contributed by atoms with Crippen LogP contribution in [0.15, 0.2) is 247 Å². The fourth-order valence-corrected chi connectivity index (χ4v) is 10.4. The summed E-state index contributed by atoms with van der Waals surface area (Å²) in [6, 6.07) is 87.1. The van der Waals surface area contributed by atoms with E-state index in [9.17, 15) is 0 Å². The van der Waals surface area contributed by atoms with Crippen LogP contribution in [0.5, 0.6) is 0 Å². The predicted molar refractivity (Wildman–Crippen MR) is 271 cm³/mol. The lowest BCUT2D eigenvalue weighted by Gasteiger charge is -2.33. The van der Waals surface area contributed by atoms with Gasteiger partial charge in [-0.05, 0) is 109 Å². The summed E-state index contributed by atoms with van der Waals surface area (Å²) < 4.78 is 6.09. The summed E-state index contributed by atoms with van der Waals surface area (Å²) in [4.78, 5) is 10.5. The molecule has 0 atom stereocenters. The second kappa shape index (κ2) is 15.3. The number of nitrogens with zero attached hydrogens (tertiary/aromatic N) is 2. The number of hydrogen-bond acceptors (Lipinski definition) is 3. The molecule has 0 unspecified atom stereocenters. The summed E-state index contributed by atoms with van der Waals surface area (Å²) in [5.74, 6) is 0.697. The van der Waals surface area contributed by atoms with Crippen molar-refractivity contribution in [1.29, 1.82) is 0 Å². The Kier molecular flexibility index (Phi) is 8.75. The molecule has 13 rings (SSSR count). The van der Waals surface area contributed by atoms with E-state index < -0.39 is 5.41 Å². The summed E-state index contributed by atoms with van der Waals surface area (Å²) in [5.41, 5.74) is 18.4. The first-order chi connectivity index (χ1) is 32.7. The molecule has 66 heavy (non-hydrogen) atoms. The minimum absolute atomic E-state index is 0.457. The molecule has 0 aliphatic heterocycles. The van der Waals surface area contributed by atoms with Crippen molar-refractivity contribution in [2.45, 2.75) is 5.41 Å². The number of aromatic nitrogens is 2. The minimum atomic E-state index is -0.457. The van der Waals surface area contributed by atoms with Crippen molar-refractivity contribution in [2.24, 2.45) is 0 Å². The van der Waals surface area contributed by atoms with Crippen molar-refractivity contribution in [3.8, 4) is 67.3 Å². The number of hydrogen-bond donors (Lipinski definition) is 0. The second-order valence-electron chi connectivity index (χ2n) is 17.3. The normalized spacial score (nSPS) is 12.7. The highest BCUT2D eigenvalue weighted by Crippen LogP contribution is 2.56. The zero-order chi connectivity index (χ0) is 43.6. The first-order valence-electron chi connectivity index (χ1n) is 22.5. The minimum Gasteiger partial charge on any atom is -0.456 e. The second-order valence-corrected chi connectivity index (χ2v) is 17.3. The summed E-state index contributed by atoms with van der Waals surface area (Å²) >= 11 is 0. The maximum Gasteiger partial charge on any atom is 0.160 e. The van der Waals surface area contributed by atoms with Crippen LogP contribution in [0.1, 0.15) is 22.3 Å². The van der Waals surface area contributed by atoms with E-state index in [0.717, 1.165) is 55.6 Å². The molecule has 0 radical (unpaired) electrons.